The zero-order valence-electron chi connectivity index (χ0n) is 20.8. The van der Waals surface area contributed by atoms with Gasteiger partial charge >= 0.3 is 5.97 Å². The first-order valence-corrected chi connectivity index (χ1v) is 13.8. The number of β-lactam (4-membered cyclic amide) rings is 1. The van der Waals surface area contributed by atoms with Gasteiger partial charge in [0.05, 0.1) is 23.8 Å². The standard InChI is InChI=1S/C22H27N5O8S3/c1-22(2,3)20(30)35-9-34-19(36)15-10(4-11-5-32-8-33-11)6-37-18-14(17(29)27(15)18)25-16(28)13(26-31)12-7-38-21(23)24-12/h7,11,14,18,31H,4-6,8-9H2,1-3H3,(H2,23,24)(H,25,28)/b26-13-/t11?,14?,18-/m1/s1. The molecule has 4 rings (SSSR count). The fourth-order valence-corrected chi connectivity index (χ4v) is 6.03. The molecule has 2 saturated heterocycles. The quantitative estimate of drug-likeness (QED) is 0.0758. The van der Waals surface area contributed by atoms with Crippen LogP contribution in [0.15, 0.2) is 21.8 Å². The van der Waals surface area contributed by atoms with E-state index in [4.69, 9.17) is 36.9 Å². The Morgan fingerprint density at radius 2 is 2.16 bits per heavy atom. The van der Waals surface area contributed by atoms with E-state index in [1.165, 1.54) is 22.0 Å². The summed E-state index contributed by atoms with van der Waals surface area (Å²) < 4.78 is 21.6. The summed E-state index contributed by atoms with van der Waals surface area (Å²) in [6, 6.07) is -0.913. The maximum Gasteiger partial charge on any atom is 0.314 e. The van der Waals surface area contributed by atoms with Crippen LogP contribution in [-0.4, -0.2) is 87.1 Å². The molecule has 4 N–H and O–H groups in total. The highest BCUT2D eigenvalue weighted by atomic mass is 32.2. The van der Waals surface area contributed by atoms with E-state index in [0.717, 1.165) is 16.9 Å². The Labute approximate surface area is 231 Å². The Bertz CT molecular complexity index is 1190. The lowest BCUT2D eigenvalue weighted by atomic mass is 9.98. The number of ether oxygens (including phenoxy) is 4. The highest BCUT2D eigenvalue weighted by Gasteiger charge is 2.54. The van der Waals surface area contributed by atoms with E-state index in [-0.39, 0.29) is 34.5 Å². The summed E-state index contributed by atoms with van der Waals surface area (Å²) >= 11 is 8.01. The van der Waals surface area contributed by atoms with Crippen molar-refractivity contribution in [3.63, 3.8) is 0 Å². The van der Waals surface area contributed by atoms with Gasteiger partial charge in [-0.1, -0.05) is 5.16 Å². The van der Waals surface area contributed by atoms with E-state index in [9.17, 15) is 19.6 Å². The SMILES string of the molecule is CC(C)(C)C(=O)OCOC(=S)C1=C(CC2COCO2)CS[C@@H]2C(NC(=O)/C(=N\O)c3csc(N)n3)C(=O)N12. The summed E-state index contributed by atoms with van der Waals surface area (Å²) in [4.78, 5) is 43.6. The lowest BCUT2D eigenvalue weighted by Crippen LogP contribution is -2.71. The van der Waals surface area contributed by atoms with Crippen LogP contribution in [0.4, 0.5) is 5.13 Å². The van der Waals surface area contributed by atoms with Crippen LogP contribution in [0.1, 0.15) is 32.9 Å². The number of anilines is 1. The van der Waals surface area contributed by atoms with E-state index in [1.807, 2.05) is 0 Å². The van der Waals surface area contributed by atoms with Crippen molar-refractivity contribution in [2.45, 2.75) is 44.7 Å². The van der Waals surface area contributed by atoms with Gasteiger partial charge in [0, 0.05) is 17.6 Å². The molecule has 4 heterocycles. The lowest BCUT2D eigenvalue weighted by molar-refractivity contribution is -0.160. The molecule has 16 heteroatoms. The van der Waals surface area contributed by atoms with Gasteiger partial charge in [0.2, 0.25) is 11.8 Å². The monoisotopic (exact) mass is 585 g/mol. The van der Waals surface area contributed by atoms with Crippen LogP contribution in [-0.2, 0) is 33.3 Å². The number of nitrogen functional groups attached to an aromatic ring is 1. The summed E-state index contributed by atoms with van der Waals surface area (Å²) in [5.74, 6) is -1.20. The number of aromatic nitrogens is 1. The van der Waals surface area contributed by atoms with Crippen molar-refractivity contribution in [2.24, 2.45) is 10.6 Å². The molecule has 1 aromatic heterocycles. The number of fused-ring (bicyclic) bond motifs is 1. The summed E-state index contributed by atoms with van der Waals surface area (Å²) in [5.41, 5.74) is 5.80. The Kier molecular flexibility index (Phi) is 8.56. The predicted molar refractivity (Wildman–Crippen MR) is 141 cm³/mol. The molecule has 2 unspecified atom stereocenters. The molecule has 0 aliphatic carbocycles. The van der Waals surface area contributed by atoms with Crippen LogP contribution in [0.25, 0.3) is 0 Å². The van der Waals surface area contributed by atoms with Gasteiger partial charge in [0.1, 0.15) is 23.9 Å². The van der Waals surface area contributed by atoms with Crippen LogP contribution in [0.5, 0.6) is 0 Å². The van der Waals surface area contributed by atoms with Gasteiger partial charge in [-0.15, -0.1) is 23.1 Å². The number of hydrogen-bond donors (Lipinski definition) is 3. The number of nitrogens with zero attached hydrogens (tertiary/aromatic N) is 3. The molecular formula is C22H27N5O8S3. The van der Waals surface area contributed by atoms with Crippen molar-refractivity contribution in [3.05, 3.63) is 22.3 Å². The molecule has 0 saturated carbocycles. The lowest BCUT2D eigenvalue weighted by Gasteiger charge is -2.50. The molecule has 206 valence electrons. The van der Waals surface area contributed by atoms with Crippen LogP contribution < -0.4 is 11.1 Å². The average molecular weight is 586 g/mol. The second kappa shape index (κ2) is 11.5. The van der Waals surface area contributed by atoms with Gasteiger partial charge in [-0.05, 0) is 38.6 Å². The highest BCUT2D eigenvalue weighted by molar-refractivity contribution is 8.00. The summed E-state index contributed by atoms with van der Waals surface area (Å²) in [6.45, 7) is 5.31. The second-order valence-electron chi connectivity index (χ2n) is 9.55. The molecule has 2 amide bonds. The third-order valence-corrected chi connectivity index (χ3v) is 8.09. The maximum absolute atomic E-state index is 13.3. The van der Waals surface area contributed by atoms with Gasteiger partial charge in [-0.3, -0.25) is 19.3 Å². The first-order chi connectivity index (χ1) is 18.0. The van der Waals surface area contributed by atoms with E-state index in [0.29, 0.717) is 24.5 Å². The van der Waals surface area contributed by atoms with E-state index in [2.05, 4.69) is 15.5 Å². The highest BCUT2D eigenvalue weighted by Crippen LogP contribution is 2.42. The van der Waals surface area contributed by atoms with E-state index in [1.54, 1.807) is 20.8 Å². The zero-order chi connectivity index (χ0) is 27.6. The first-order valence-electron chi connectivity index (χ1n) is 11.5. The predicted octanol–water partition coefficient (Wildman–Crippen LogP) is 1.21. The minimum absolute atomic E-state index is 0.0143. The number of oxime groups is 1. The smallest absolute Gasteiger partial charge is 0.314 e. The second-order valence-corrected chi connectivity index (χ2v) is 11.9. The van der Waals surface area contributed by atoms with Gasteiger partial charge in [0.25, 0.3) is 11.8 Å². The van der Waals surface area contributed by atoms with Crippen molar-refractivity contribution in [3.8, 4) is 0 Å². The number of amides is 2. The minimum Gasteiger partial charge on any atom is -0.445 e. The molecule has 0 radical (unpaired) electrons. The van der Waals surface area contributed by atoms with Crippen molar-refractivity contribution < 1.29 is 38.5 Å². The molecule has 2 fully saturated rings. The fourth-order valence-electron chi connectivity index (χ4n) is 3.83. The van der Waals surface area contributed by atoms with Crippen LogP contribution >= 0.6 is 35.3 Å². The van der Waals surface area contributed by atoms with Crippen molar-refractivity contribution >= 4 is 69.0 Å². The minimum atomic E-state index is -0.913. The van der Waals surface area contributed by atoms with Crippen molar-refractivity contribution in [2.75, 3.05) is 31.7 Å². The van der Waals surface area contributed by atoms with Gasteiger partial charge < -0.3 is 35.2 Å². The molecule has 3 atom stereocenters. The number of rotatable bonds is 8. The Hall–Kier alpha value is -2.79. The van der Waals surface area contributed by atoms with Crippen molar-refractivity contribution in [1.82, 2.24) is 15.2 Å². The first kappa shape index (κ1) is 28.2. The number of thioether (sulfide) groups is 1. The van der Waals surface area contributed by atoms with E-state index < -0.39 is 41.4 Å². The van der Waals surface area contributed by atoms with Gasteiger partial charge in [-0.2, -0.15) is 0 Å². The summed E-state index contributed by atoms with van der Waals surface area (Å²) in [7, 11) is 0. The Morgan fingerprint density at radius 1 is 1.39 bits per heavy atom. The average Bonchev–Trinajstić information content (AvgIpc) is 3.53. The molecule has 3 aliphatic rings. The Morgan fingerprint density at radius 3 is 2.76 bits per heavy atom. The Balaban J connectivity index is 1.49. The van der Waals surface area contributed by atoms with Crippen LogP contribution in [0.3, 0.4) is 0 Å². The zero-order valence-corrected chi connectivity index (χ0v) is 23.2. The fraction of sp³-hybridized carbons (Fsp3) is 0.545. The van der Waals surface area contributed by atoms with Gasteiger partial charge in [0.15, 0.2) is 10.8 Å². The molecule has 0 aromatic carbocycles. The molecule has 13 nitrogen and oxygen atoms in total. The summed E-state index contributed by atoms with van der Waals surface area (Å²) in [5, 5.41) is 16.2. The number of thiazole rings is 1. The third-order valence-electron chi connectivity index (χ3n) is 5.76. The topological polar surface area (TPSA) is 175 Å². The molecular weight excluding hydrogens is 558 g/mol. The number of carbonyl (C=O) groups excluding carboxylic acids is 3. The molecule has 1 aromatic rings. The van der Waals surface area contributed by atoms with Crippen LogP contribution in [0.2, 0.25) is 0 Å². The number of thiocarbonyl (C=S) groups is 1. The number of carbonyl (C=O) groups is 3. The normalized spacial score (nSPS) is 23.6. The summed E-state index contributed by atoms with van der Waals surface area (Å²) in [6.07, 6.45) is 0.243. The molecule has 38 heavy (non-hydrogen) atoms. The molecule has 0 bridgehead atoms. The largest absolute Gasteiger partial charge is 0.445 e. The molecule has 3 aliphatic heterocycles. The van der Waals surface area contributed by atoms with Crippen LogP contribution in [0, 0.1) is 5.41 Å². The number of nitrogens with two attached hydrogens (primary N) is 1. The number of nitrogens with one attached hydrogen (secondary N) is 1. The number of esters is 1. The van der Waals surface area contributed by atoms with E-state index >= 15 is 0 Å². The number of hydrogen-bond acceptors (Lipinski definition) is 14. The molecule has 0 spiro atoms. The maximum atomic E-state index is 13.3. The van der Waals surface area contributed by atoms with Crippen molar-refractivity contribution in [1.29, 1.82) is 0 Å². The van der Waals surface area contributed by atoms with Gasteiger partial charge in [-0.25, -0.2) is 4.98 Å². The third kappa shape index (κ3) is 5.93.